The predicted octanol–water partition coefficient (Wildman–Crippen LogP) is 4.39. The number of hydrogen-bond donors (Lipinski definition) is 0. The van der Waals surface area contributed by atoms with E-state index in [1.807, 2.05) is 117 Å². The summed E-state index contributed by atoms with van der Waals surface area (Å²) in [6.07, 6.45) is -2.46. The second-order valence-corrected chi connectivity index (χ2v) is 15.2. The highest BCUT2D eigenvalue weighted by atomic mass is 16.5. The SMILES string of the molecule is CO[C@@H]1C(=O)N2Cc3cccc(c3)CN3C(=O)[C@H](OC)[C@@H]3c3ccc(cc3)[C@@H]3[C@H](OC)C(=O)N3Cc3cccc(c3)CN3C(=O)[C@H](OC)[C@@H]3c3ccc(cc3)[C@H]12. The molecule has 12 heteroatoms. The normalized spacial score (nSPS) is 28.4. The van der Waals surface area contributed by atoms with Gasteiger partial charge in [0.15, 0.2) is 24.4 Å². The van der Waals surface area contributed by atoms with E-state index in [2.05, 4.69) is 0 Å². The van der Waals surface area contributed by atoms with Crippen molar-refractivity contribution in [2.75, 3.05) is 28.4 Å². The van der Waals surface area contributed by atoms with Crippen molar-refractivity contribution in [1.82, 2.24) is 19.6 Å². The number of carbonyl (C=O) groups excluding carboxylic acids is 4. The Hall–Kier alpha value is -5.40. The number of ether oxygens (including phenoxy) is 4. The van der Waals surface area contributed by atoms with Crippen LogP contribution in [0.3, 0.4) is 0 Å². The predicted molar refractivity (Wildman–Crippen MR) is 202 cm³/mol. The van der Waals surface area contributed by atoms with Gasteiger partial charge in [0.1, 0.15) is 0 Å². The van der Waals surface area contributed by atoms with Gasteiger partial charge in [0, 0.05) is 54.6 Å². The van der Waals surface area contributed by atoms with Gasteiger partial charge < -0.3 is 38.5 Å². The number of amides is 4. The fourth-order valence-corrected chi connectivity index (χ4v) is 9.33. The number of carbonyl (C=O) groups is 4. The van der Waals surface area contributed by atoms with Crippen LogP contribution < -0.4 is 0 Å². The summed E-state index contributed by atoms with van der Waals surface area (Å²) in [6, 6.07) is 30.8. The Morgan fingerprint density at radius 3 is 0.786 bits per heavy atom. The molecule has 8 aliphatic heterocycles. The van der Waals surface area contributed by atoms with Gasteiger partial charge in [-0.25, -0.2) is 0 Å². The first-order valence-electron chi connectivity index (χ1n) is 18.9. The van der Waals surface area contributed by atoms with E-state index < -0.39 is 24.4 Å². The first-order chi connectivity index (χ1) is 27.2. The highest BCUT2D eigenvalue weighted by molar-refractivity contribution is 5.91. The van der Waals surface area contributed by atoms with Gasteiger partial charge in [0.2, 0.25) is 0 Å². The largest absolute Gasteiger partial charge is 0.369 e. The van der Waals surface area contributed by atoms with Crippen LogP contribution >= 0.6 is 0 Å². The van der Waals surface area contributed by atoms with E-state index in [-0.39, 0.29) is 47.8 Å². The third-order valence-electron chi connectivity index (χ3n) is 12.2. The van der Waals surface area contributed by atoms with Crippen molar-refractivity contribution < 1.29 is 38.1 Å². The van der Waals surface area contributed by atoms with Crippen molar-refractivity contribution in [3.05, 3.63) is 142 Å². The zero-order valence-electron chi connectivity index (χ0n) is 31.7. The highest BCUT2D eigenvalue weighted by Gasteiger charge is 2.52. The average Bonchev–Trinajstić information content (AvgIpc) is 3.22. The van der Waals surface area contributed by atoms with E-state index in [0.29, 0.717) is 26.2 Å². The smallest absolute Gasteiger partial charge is 0.255 e. The Morgan fingerprint density at radius 1 is 0.375 bits per heavy atom. The van der Waals surface area contributed by atoms with Gasteiger partial charge in [-0.2, -0.15) is 0 Å². The summed E-state index contributed by atoms with van der Waals surface area (Å²) in [4.78, 5) is 60.8. The molecule has 8 atom stereocenters. The third kappa shape index (κ3) is 5.73. The van der Waals surface area contributed by atoms with Gasteiger partial charge in [-0.3, -0.25) is 19.2 Å². The fourth-order valence-electron chi connectivity index (χ4n) is 9.33. The maximum Gasteiger partial charge on any atom is 0.255 e. The number of hydrogen-bond acceptors (Lipinski definition) is 8. The van der Waals surface area contributed by atoms with Crippen LogP contribution in [0.2, 0.25) is 0 Å². The lowest BCUT2D eigenvalue weighted by atomic mass is 9.85. The Kier molecular flexibility index (Phi) is 9.24. The van der Waals surface area contributed by atoms with Crippen molar-refractivity contribution >= 4 is 23.6 Å². The van der Waals surface area contributed by atoms with Gasteiger partial charge in [-0.05, 0) is 44.5 Å². The molecule has 4 aromatic carbocycles. The number of nitrogens with zero attached hydrogens (tertiary/aromatic N) is 4. The molecular weight excluding hydrogens is 713 g/mol. The van der Waals surface area contributed by atoms with E-state index in [1.165, 1.54) is 0 Å². The second kappa shape index (κ2) is 14.3. The highest BCUT2D eigenvalue weighted by Crippen LogP contribution is 2.44. The molecule has 0 aromatic heterocycles. The van der Waals surface area contributed by atoms with Crippen molar-refractivity contribution in [2.45, 2.75) is 74.8 Å². The number of benzene rings is 4. The summed E-state index contributed by atoms with van der Waals surface area (Å²) >= 11 is 0. The van der Waals surface area contributed by atoms with E-state index in [4.69, 9.17) is 18.9 Å². The van der Waals surface area contributed by atoms with Crippen LogP contribution in [-0.4, -0.2) is 96.1 Å². The van der Waals surface area contributed by atoms with Crippen LogP contribution in [0.25, 0.3) is 0 Å². The first-order valence-corrected chi connectivity index (χ1v) is 18.9. The zero-order valence-corrected chi connectivity index (χ0v) is 31.7. The summed E-state index contributed by atoms with van der Waals surface area (Å²) in [5.41, 5.74) is 7.46. The van der Waals surface area contributed by atoms with E-state index >= 15 is 0 Å². The van der Waals surface area contributed by atoms with E-state index in [1.54, 1.807) is 28.4 Å². The molecule has 4 amide bonds. The van der Waals surface area contributed by atoms with Crippen LogP contribution in [-0.2, 0) is 64.3 Å². The van der Waals surface area contributed by atoms with Crippen LogP contribution in [0.4, 0.5) is 0 Å². The Bertz CT molecular complexity index is 1890. The number of methoxy groups -OCH3 is 4. The van der Waals surface area contributed by atoms with Crippen LogP contribution in [0.15, 0.2) is 97.1 Å². The molecule has 0 N–H and O–H groups in total. The monoisotopic (exact) mass is 756 g/mol. The molecule has 56 heavy (non-hydrogen) atoms. The van der Waals surface area contributed by atoms with Crippen molar-refractivity contribution in [3.8, 4) is 0 Å². The minimum Gasteiger partial charge on any atom is -0.369 e. The van der Waals surface area contributed by atoms with Crippen molar-refractivity contribution in [2.24, 2.45) is 0 Å². The lowest BCUT2D eigenvalue weighted by Crippen LogP contribution is -2.59. The van der Waals surface area contributed by atoms with Crippen molar-refractivity contribution in [3.63, 3.8) is 0 Å². The molecule has 8 aliphatic rings. The Morgan fingerprint density at radius 2 is 0.589 bits per heavy atom. The molecule has 4 fully saturated rings. The minimum absolute atomic E-state index is 0.0897. The molecule has 4 aromatic rings. The zero-order chi connectivity index (χ0) is 38.8. The fraction of sp³-hybridized carbons (Fsp3) is 0.364. The lowest BCUT2D eigenvalue weighted by Gasteiger charge is -2.48. The molecular formula is C44H44N4O8. The summed E-state index contributed by atoms with van der Waals surface area (Å²) in [5.74, 6) is -0.359. The summed E-state index contributed by atoms with van der Waals surface area (Å²) in [7, 11) is 6.21. The second-order valence-electron chi connectivity index (χ2n) is 15.2. The molecule has 4 saturated heterocycles. The molecule has 8 heterocycles. The van der Waals surface area contributed by atoms with E-state index in [0.717, 1.165) is 44.5 Å². The van der Waals surface area contributed by atoms with E-state index in [9.17, 15) is 19.2 Å². The molecule has 12 nitrogen and oxygen atoms in total. The van der Waals surface area contributed by atoms with Crippen LogP contribution in [0.5, 0.6) is 0 Å². The lowest BCUT2D eigenvalue weighted by molar-refractivity contribution is -0.173. The summed E-state index contributed by atoms with van der Waals surface area (Å²) in [6.45, 7) is 1.49. The van der Waals surface area contributed by atoms with Crippen molar-refractivity contribution in [1.29, 1.82) is 0 Å². The Balaban J connectivity index is 1.08. The molecule has 0 spiro atoms. The molecule has 8 bridgehead atoms. The average molecular weight is 757 g/mol. The van der Waals surface area contributed by atoms with Gasteiger partial charge in [0.05, 0.1) is 24.2 Å². The van der Waals surface area contributed by atoms with Gasteiger partial charge in [-0.1, -0.05) is 97.1 Å². The maximum absolute atomic E-state index is 13.4. The van der Waals surface area contributed by atoms with Gasteiger partial charge in [0.25, 0.3) is 23.6 Å². The molecule has 0 radical (unpaired) electrons. The van der Waals surface area contributed by atoms with Crippen LogP contribution in [0.1, 0.15) is 68.7 Å². The quantitative estimate of drug-likeness (QED) is 0.282. The van der Waals surface area contributed by atoms with Gasteiger partial charge >= 0.3 is 0 Å². The molecule has 0 aliphatic carbocycles. The van der Waals surface area contributed by atoms with Crippen LogP contribution in [0, 0.1) is 0 Å². The molecule has 288 valence electrons. The molecule has 12 rings (SSSR count). The third-order valence-corrected chi connectivity index (χ3v) is 12.2. The maximum atomic E-state index is 13.4. The summed E-state index contributed by atoms with van der Waals surface area (Å²) in [5, 5.41) is 0. The molecule has 0 saturated carbocycles. The minimum atomic E-state index is -0.615. The standard InChI is InChI=1S/C44H44N4O8/c1-53-37-33-29-11-13-30(14-12-29)34-38(54-2)42(50)46(34)23-27-9-6-10-28(20-27)24-48-36(40(56-4)44(48)52)32-17-15-31(16-18-32)35-39(55-3)43(51)47(35)22-26-8-5-7-25(19-26)21-45(33)41(37)49/h5-20,33-40H,21-24H2,1-4H3/t33-,34+,35+,36-,37+,38-,39-,40+. The van der Waals surface area contributed by atoms with Gasteiger partial charge in [-0.15, -0.1) is 0 Å². The number of rotatable bonds is 4. The Labute approximate surface area is 325 Å². The summed E-state index contributed by atoms with van der Waals surface area (Å²) < 4.78 is 22.7. The molecule has 0 unspecified atom stereocenters. The number of β-lactam (4-membered cyclic amide) rings is 4. The topological polar surface area (TPSA) is 118 Å². The first kappa shape index (κ1) is 36.3.